The molecule has 8 heteroatoms. The number of nitrogens with one attached hydrogen (secondary N) is 1. The first-order valence-electron chi connectivity index (χ1n) is 11.9. The fraction of sp³-hybridized carbons (Fsp3) is 0.138. The molecule has 2 aliphatic carbocycles. The SMILES string of the molecule is O=C(COC(=O)c1cc(C2CC2)nn1-c1ccccc1)Nc1cccc2c1C(=O)c1ccccc1C2=O. The molecule has 0 atom stereocenters. The average molecular weight is 492 g/mol. The number of esters is 1. The molecule has 37 heavy (non-hydrogen) atoms. The maximum atomic E-state index is 13.1. The number of amides is 1. The third-order valence-corrected chi connectivity index (χ3v) is 6.49. The molecule has 4 aromatic rings. The number of nitrogens with zero attached hydrogens (tertiary/aromatic N) is 2. The van der Waals surface area contributed by atoms with Crippen molar-refractivity contribution in [1.82, 2.24) is 9.78 Å². The molecule has 182 valence electrons. The first-order valence-corrected chi connectivity index (χ1v) is 11.9. The van der Waals surface area contributed by atoms with Crippen molar-refractivity contribution in [3.63, 3.8) is 0 Å². The zero-order valence-corrected chi connectivity index (χ0v) is 19.6. The molecule has 0 unspecified atom stereocenters. The largest absolute Gasteiger partial charge is 0.451 e. The highest BCUT2D eigenvalue weighted by Gasteiger charge is 2.32. The van der Waals surface area contributed by atoms with E-state index in [4.69, 9.17) is 4.74 Å². The Morgan fingerprint density at radius 2 is 1.54 bits per heavy atom. The van der Waals surface area contributed by atoms with Crippen molar-refractivity contribution in [2.75, 3.05) is 11.9 Å². The van der Waals surface area contributed by atoms with Gasteiger partial charge in [0, 0.05) is 22.6 Å². The van der Waals surface area contributed by atoms with Crippen LogP contribution in [0, 0.1) is 0 Å². The third-order valence-electron chi connectivity index (χ3n) is 6.49. The van der Waals surface area contributed by atoms with Gasteiger partial charge >= 0.3 is 5.97 Å². The predicted molar refractivity (Wildman–Crippen MR) is 134 cm³/mol. The standard InChI is InChI=1S/C29H21N3O5/c33-25(30-22-12-6-11-21-26(22)28(35)20-10-5-4-9-19(20)27(21)34)16-37-29(36)24-15-23(17-13-14-17)31-32(24)18-7-2-1-3-8-18/h1-12,15,17H,13-14,16H2,(H,30,33). The number of hydrogen-bond donors (Lipinski definition) is 1. The number of hydrogen-bond acceptors (Lipinski definition) is 6. The van der Waals surface area contributed by atoms with E-state index in [-0.39, 0.29) is 39.6 Å². The number of carbonyl (C=O) groups excluding carboxylic acids is 4. The van der Waals surface area contributed by atoms with Crippen LogP contribution >= 0.6 is 0 Å². The van der Waals surface area contributed by atoms with Crippen LogP contribution in [-0.4, -0.2) is 39.8 Å². The Kier molecular flexibility index (Phi) is 5.49. The summed E-state index contributed by atoms with van der Waals surface area (Å²) in [6.45, 7) is -0.569. The summed E-state index contributed by atoms with van der Waals surface area (Å²) in [5.41, 5.74) is 2.92. The minimum absolute atomic E-state index is 0.127. The van der Waals surface area contributed by atoms with Gasteiger partial charge in [-0.2, -0.15) is 5.10 Å². The van der Waals surface area contributed by atoms with Crippen molar-refractivity contribution in [3.8, 4) is 5.69 Å². The van der Waals surface area contributed by atoms with Crippen LogP contribution in [0.1, 0.15) is 66.8 Å². The van der Waals surface area contributed by atoms with Crippen molar-refractivity contribution in [1.29, 1.82) is 0 Å². The van der Waals surface area contributed by atoms with Crippen LogP contribution in [0.4, 0.5) is 5.69 Å². The Balaban J connectivity index is 1.20. The number of fused-ring (bicyclic) bond motifs is 2. The number of ketones is 2. The molecule has 0 aliphatic heterocycles. The summed E-state index contributed by atoms with van der Waals surface area (Å²) in [6.07, 6.45) is 2.05. The first-order chi connectivity index (χ1) is 18.0. The first kappa shape index (κ1) is 22.6. The van der Waals surface area contributed by atoms with Crippen LogP contribution in [0.2, 0.25) is 0 Å². The summed E-state index contributed by atoms with van der Waals surface area (Å²) < 4.78 is 6.85. The fourth-order valence-corrected chi connectivity index (χ4v) is 4.53. The summed E-state index contributed by atoms with van der Waals surface area (Å²) in [7, 11) is 0. The highest BCUT2D eigenvalue weighted by atomic mass is 16.5. The Morgan fingerprint density at radius 3 is 2.27 bits per heavy atom. The molecule has 2 aliphatic rings. The van der Waals surface area contributed by atoms with Crippen LogP contribution < -0.4 is 5.32 Å². The number of benzene rings is 3. The van der Waals surface area contributed by atoms with Gasteiger partial charge < -0.3 is 10.1 Å². The molecule has 0 bridgehead atoms. The summed E-state index contributed by atoms with van der Waals surface area (Å²) in [6, 6.07) is 22.2. The van der Waals surface area contributed by atoms with Crippen molar-refractivity contribution < 1.29 is 23.9 Å². The van der Waals surface area contributed by atoms with E-state index in [1.165, 1.54) is 4.68 Å². The Bertz CT molecular complexity index is 1580. The predicted octanol–water partition coefficient (Wildman–Crippen LogP) is 4.32. The molecule has 3 aromatic carbocycles. The zero-order valence-electron chi connectivity index (χ0n) is 19.6. The van der Waals surface area contributed by atoms with E-state index in [0.717, 1.165) is 18.5 Å². The van der Waals surface area contributed by atoms with Crippen molar-refractivity contribution in [2.45, 2.75) is 18.8 Å². The van der Waals surface area contributed by atoms with E-state index in [9.17, 15) is 19.2 Å². The molecule has 1 heterocycles. The normalized spacial score (nSPS) is 14.1. The second kappa shape index (κ2) is 8.98. The van der Waals surface area contributed by atoms with Gasteiger partial charge in [0.25, 0.3) is 5.91 Å². The van der Waals surface area contributed by atoms with E-state index in [1.807, 2.05) is 30.3 Å². The molecule has 0 radical (unpaired) electrons. The summed E-state index contributed by atoms with van der Waals surface area (Å²) in [5.74, 6) is -1.62. The monoisotopic (exact) mass is 491 g/mol. The number of aromatic nitrogens is 2. The zero-order chi connectivity index (χ0) is 25.5. The van der Waals surface area contributed by atoms with Gasteiger partial charge in [0.05, 0.1) is 22.6 Å². The van der Waals surface area contributed by atoms with Gasteiger partial charge in [-0.1, -0.05) is 54.6 Å². The molecular weight excluding hydrogens is 470 g/mol. The number of anilines is 1. The molecule has 0 saturated heterocycles. The van der Waals surface area contributed by atoms with E-state index in [0.29, 0.717) is 17.2 Å². The van der Waals surface area contributed by atoms with Gasteiger partial charge in [-0.05, 0) is 37.1 Å². The second-order valence-corrected chi connectivity index (χ2v) is 9.03. The van der Waals surface area contributed by atoms with E-state index in [1.54, 1.807) is 48.5 Å². The highest BCUT2D eigenvalue weighted by molar-refractivity contribution is 6.30. The minimum Gasteiger partial charge on any atom is -0.451 e. The molecule has 1 fully saturated rings. The summed E-state index contributed by atoms with van der Waals surface area (Å²) >= 11 is 0. The number of ether oxygens (including phenoxy) is 1. The van der Waals surface area contributed by atoms with E-state index < -0.39 is 18.5 Å². The summed E-state index contributed by atoms with van der Waals surface area (Å²) in [5, 5.41) is 7.21. The maximum absolute atomic E-state index is 13.1. The van der Waals surface area contributed by atoms with Crippen LogP contribution in [0.25, 0.3) is 5.69 Å². The smallest absolute Gasteiger partial charge is 0.357 e. The van der Waals surface area contributed by atoms with Gasteiger partial charge in [0.1, 0.15) is 0 Å². The fourth-order valence-electron chi connectivity index (χ4n) is 4.53. The van der Waals surface area contributed by atoms with Crippen LogP contribution in [0.5, 0.6) is 0 Å². The average Bonchev–Trinajstić information content (AvgIpc) is 3.68. The molecule has 0 spiro atoms. The van der Waals surface area contributed by atoms with Crippen LogP contribution in [0.15, 0.2) is 78.9 Å². The van der Waals surface area contributed by atoms with Gasteiger partial charge in [0.2, 0.25) is 0 Å². The Hall–Kier alpha value is -4.85. The van der Waals surface area contributed by atoms with Gasteiger partial charge in [-0.15, -0.1) is 0 Å². The van der Waals surface area contributed by atoms with Crippen LogP contribution in [0.3, 0.4) is 0 Å². The lowest BCUT2D eigenvalue weighted by atomic mass is 9.83. The lowest BCUT2D eigenvalue weighted by Gasteiger charge is -2.20. The van der Waals surface area contributed by atoms with Crippen molar-refractivity contribution >= 4 is 29.1 Å². The Labute approximate surface area is 211 Å². The van der Waals surface area contributed by atoms with E-state index in [2.05, 4.69) is 10.4 Å². The molecule has 1 N–H and O–H groups in total. The molecular formula is C29H21N3O5. The summed E-state index contributed by atoms with van der Waals surface area (Å²) in [4.78, 5) is 51.8. The molecule has 1 amide bonds. The lowest BCUT2D eigenvalue weighted by Crippen LogP contribution is -2.26. The highest BCUT2D eigenvalue weighted by Crippen LogP contribution is 2.40. The van der Waals surface area contributed by atoms with Gasteiger partial charge in [-0.25, -0.2) is 9.48 Å². The number of carbonyl (C=O) groups is 4. The molecule has 6 rings (SSSR count). The lowest BCUT2D eigenvalue weighted by molar-refractivity contribution is -0.119. The molecule has 8 nitrogen and oxygen atoms in total. The second-order valence-electron chi connectivity index (χ2n) is 9.03. The van der Waals surface area contributed by atoms with Gasteiger partial charge in [-0.3, -0.25) is 14.4 Å². The quantitative estimate of drug-likeness (QED) is 0.355. The van der Waals surface area contributed by atoms with Crippen molar-refractivity contribution in [2.24, 2.45) is 0 Å². The number of para-hydroxylation sites is 1. The maximum Gasteiger partial charge on any atom is 0.357 e. The van der Waals surface area contributed by atoms with E-state index >= 15 is 0 Å². The number of rotatable bonds is 6. The topological polar surface area (TPSA) is 107 Å². The molecule has 1 saturated carbocycles. The Morgan fingerprint density at radius 1 is 0.865 bits per heavy atom. The van der Waals surface area contributed by atoms with Crippen molar-refractivity contribution in [3.05, 3.63) is 113 Å². The third kappa shape index (κ3) is 4.12. The minimum atomic E-state index is -0.686. The molecule has 1 aromatic heterocycles. The van der Waals surface area contributed by atoms with Gasteiger partial charge in [0.15, 0.2) is 23.9 Å². The van der Waals surface area contributed by atoms with Crippen LogP contribution in [-0.2, 0) is 9.53 Å².